The number of nitrogens with zero attached hydrogens (tertiary/aromatic N) is 1. The van der Waals surface area contributed by atoms with Gasteiger partial charge in [-0.2, -0.15) is 0 Å². The molecule has 160 valence electrons. The van der Waals surface area contributed by atoms with Gasteiger partial charge in [-0.15, -0.1) is 0 Å². The Morgan fingerprint density at radius 3 is 2.33 bits per heavy atom. The molecule has 6 nitrogen and oxygen atoms in total. The van der Waals surface area contributed by atoms with Gasteiger partial charge in [0.05, 0.1) is 0 Å². The fourth-order valence-corrected chi connectivity index (χ4v) is 3.70. The summed E-state index contributed by atoms with van der Waals surface area (Å²) in [6, 6.07) is 18.7. The molecule has 1 saturated heterocycles. The van der Waals surface area contributed by atoms with Crippen molar-refractivity contribution in [3.63, 3.8) is 0 Å². The summed E-state index contributed by atoms with van der Waals surface area (Å²) in [4.78, 5) is 25.2. The number of nitrogens with two attached hydrogens (primary N) is 1. The minimum Gasteiger partial charge on any atom is -0.492 e. The van der Waals surface area contributed by atoms with Gasteiger partial charge < -0.3 is 15.8 Å². The number of ether oxygens (including phenoxy) is 1. The summed E-state index contributed by atoms with van der Waals surface area (Å²) >= 11 is 0. The summed E-state index contributed by atoms with van der Waals surface area (Å²) in [5.41, 5.74) is 7.66. The lowest BCUT2D eigenvalue weighted by Crippen LogP contribution is -2.42. The van der Waals surface area contributed by atoms with Crippen molar-refractivity contribution in [2.75, 3.05) is 32.8 Å². The van der Waals surface area contributed by atoms with Crippen LogP contribution in [0.25, 0.3) is 0 Å². The monoisotopic (exact) mass is 409 g/mol. The van der Waals surface area contributed by atoms with Gasteiger partial charge in [-0.1, -0.05) is 42.5 Å². The van der Waals surface area contributed by atoms with Crippen LogP contribution in [-0.4, -0.2) is 49.5 Å². The first-order valence-corrected chi connectivity index (χ1v) is 10.6. The first-order chi connectivity index (χ1) is 14.6. The van der Waals surface area contributed by atoms with Gasteiger partial charge >= 0.3 is 0 Å². The van der Waals surface area contributed by atoms with Crippen LogP contribution in [0.1, 0.15) is 30.4 Å². The SMILES string of the molecule is NC(=O)CCNC(=O)C1CCN(CCOc2ccc(Cc3ccccc3)cc2)CC1. The molecule has 3 N–H and O–H groups in total. The first-order valence-electron chi connectivity index (χ1n) is 10.6. The second-order valence-corrected chi connectivity index (χ2v) is 7.78. The quantitative estimate of drug-likeness (QED) is 0.631. The molecule has 1 aliphatic heterocycles. The molecule has 0 aliphatic carbocycles. The number of nitrogens with one attached hydrogen (secondary N) is 1. The third kappa shape index (κ3) is 7.19. The lowest BCUT2D eigenvalue weighted by Gasteiger charge is -2.31. The maximum absolute atomic E-state index is 12.1. The zero-order valence-electron chi connectivity index (χ0n) is 17.4. The van der Waals surface area contributed by atoms with Gasteiger partial charge in [-0.3, -0.25) is 14.5 Å². The summed E-state index contributed by atoms with van der Waals surface area (Å²) in [7, 11) is 0. The predicted octanol–water partition coefficient (Wildman–Crippen LogP) is 2.36. The molecule has 0 radical (unpaired) electrons. The predicted molar refractivity (Wildman–Crippen MR) is 117 cm³/mol. The second kappa shape index (κ2) is 11.4. The van der Waals surface area contributed by atoms with Crippen molar-refractivity contribution in [1.29, 1.82) is 0 Å². The molecule has 2 amide bonds. The van der Waals surface area contributed by atoms with Gasteiger partial charge in [0.25, 0.3) is 0 Å². The van der Waals surface area contributed by atoms with Crippen LogP contribution < -0.4 is 15.8 Å². The maximum atomic E-state index is 12.1. The number of hydrogen-bond acceptors (Lipinski definition) is 4. The molecular formula is C24H31N3O3. The number of carbonyl (C=O) groups is 2. The van der Waals surface area contributed by atoms with Crippen molar-refractivity contribution < 1.29 is 14.3 Å². The molecule has 2 aromatic rings. The molecule has 6 heteroatoms. The van der Waals surface area contributed by atoms with Crippen LogP contribution >= 0.6 is 0 Å². The van der Waals surface area contributed by atoms with Gasteiger partial charge in [0, 0.05) is 25.4 Å². The zero-order valence-corrected chi connectivity index (χ0v) is 17.4. The number of carbonyl (C=O) groups excluding carboxylic acids is 2. The van der Waals surface area contributed by atoms with E-state index < -0.39 is 5.91 Å². The van der Waals surface area contributed by atoms with Crippen LogP contribution in [0.3, 0.4) is 0 Å². The number of hydrogen-bond donors (Lipinski definition) is 2. The van der Waals surface area contributed by atoms with Crippen LogP contribution in [0, 0.1) is 5.92 Å². The normalized spacial score (nSPS) is 14.9. The number of benzene rings is 2. The lowest BCUT2D eigenvalue weighted by atomic mass is 9.96. The van der Waals surface area contributed by atoms with Crippen LogP contribution in [0.4, 0.5) is 0 Å². The van der Waals surface area contributed by atoms with Gasteiger partial charge in [0.1, 0.15) is 12.4 Å². The van der Waals surface area contributed by atoms with Crippen molar-refractivity contribution in [3.05, 3.63) is 65.7 Å². The molecule has 1 heterocycles. The molecule has 2 aromatic carbocycles. The smallest absolute Gasteiger partial charge is 0.223 e. The van der Waals surface area contributed by atoms with Gasteiger partial charge in [0.2, 0.25) is 11.8 Å². The Kier molecular flexibility index (Phi) is 8.27. The molecule has 0 unspecified atom stereocenters. The van der Waals surface area contributed by atoms with Crippen molar-refractivity contribution in [2.45, 2.75) is 25.7 Å². The molecule has 0 saturated carbocycles. The van der Waals surface area contributed by atoms with Crippen molar-refractivity contribution >= 4 is 11.8 Å². The van der Waals surface area contributed by atoms with Gasteiger partial charge in [0.15, 0.2) is 0 Å². The maximum Gasteiger partial charge on any atom is 0.223 e. The lowest BCUT2D eigenvalue weighted by molar-refractivity contribution is -0.126. The third-order valence-electron chi connectivity index (χ3n) is 5.48. The zero-order chi connectivity index (χ0) is 21.2. The number of likely N-dealkylation sites (tertiary alicyclic amines) is 1. The number of rotatable bonds is 10. The number of piperidine rings is 1. The van der Waals surface area contributed by atoms with Gasteiger partial charge in [-0.05, 0) is 55.6 Å². The topological polar surface area (TPSA) is 84.7 Å². The van der Waals surface area contributed by atoms with Crippen LogP contribution in [0.5, 0.6) is 5.75 Å². The molecule has 0 spiro atoms. The largest absolute Gasteiger partial charge is 0.492 e. The van der Waals surface area contributed by atoms with Crippen LogP contribution in [0.2, 0.25) is 0 Å². The Balaban J connectivity index is 1.32. The van der Waals surface area contributed by atoms with E-state index in [-0.39, 0.29) is 18.2 Å². The molecule has 0 atom stereocenters. The summed E-state index contributed by atoms with van der Waals surface area (Å²) < 4.78 is 5.90. The second-order valence-electron chi connectivity index (χ2n) is 7.78. The van der Waals surface area contributed by atoms with Crippen LogP contribution in [-0.2, 0) is 16.0 Å². The van der Waals surface area contributed by atoms with E-state index in [2.05, 4.69) is 46.6 Å². The fourth-order valence-electron chi connectivity index (χ4n) is 3.70. The van der Waals surface area contributed by atoms with E-state index in [9.17, 15) is 9.59 Å². The van der Waals surface area contributed by atoms with Crippen LogP contribution in [0.15, 0.2) is 54.6 Å². The summed E-state index contributed by atoms with van der Waals surface area (Å²) in [6.07, 6.45) is 2.77. The van der Waals surface area contributed by atoms with E-state index in [1.807, 2.05) is 18.2 Å². The van der Waals surface area contributed by atoms with Gasteiger partial charge in [-0.25, -0.2) is 0 Å². The summed E-state index contributed by atoms with van der Waals surface area (Å²) in [5, 5.41) is 2.80. The third-order valence-corrected chi connectivity index (χ3v) is 5.48. The Hall–Kier alpha value is -2.86. The van der Waals surface area contributed by atoms with Crippen molar-refractivity contribution in [1.82, 2.24) is 10.2 Å². The Morgan fingerprint density at radius 1 is 1.00 bits per heavy atom. The highest BCUT2D eigenvalue weighted by Crippen LogP contribution is 2.18. The van der Waals surface area contributed by atoms with E-state index in [1.165, 1.54) is 11.1 Å². The highest BCUT2D eigenvalue weighted by Gasteiger charge is 2.24. The molecule has 1 fully saturated rings. The van der Waals surface area contributed by atoms with E-state index in [0.29, 0.717) is 13.2 Å². The molecule has 0 bridgehead atoms. The highest BCUT2D eigenvalue weighted by atomic mass is 16.5. The Labute approximate surface area is 178 Å². The molecular weight excluding hydrogens is 378 g/mol. The van der Waals surface area contributed by atoms with Crippen molar-refractivity contribution in [2.24, 2.45) is 11.7 Å². The minimum atomic E-state index is -0.393. The number of primary amides is 1. The van der Waals surface area contributed by atoms with E-state index in [1.54, 1.807) is 0 Å². The van der Waals surface area contributed by atoms with E-state index in [4.69, 9.17) is 10.5 Å². The Bertz CT molecular complexity index is 800. The number of amides is 2. The molecule has 30 heavy (non-hydrogen) atoms. The van der Waals surface area contributed by atoms with E-state index >= 15 is 0 Å². The van der Waals surface area contributed by atoms with E-state index in [0.717, 1.165) is 44.6 Å². The van der Waals surface area contributed by atoms with Crippen molar-refractivity contribution in [3.8, 4) is 5.75 Å². The first kappa shape index (κ1) is 21.8. The highest BCUT2D eigenvalue weighted by molar-refractivity contribution is 5.80. The molecule has 1 aliphatic rings. The standard InChI is InChI=1S/C24H31N3O3/c25-23(28)10-13-26-24(29)21-11-14-27(15-12-21)16-17-30-22-8-6-20(7-9-22)18-19-4-2-1-3-5-19/h1-9,21H,10-18H2,(H2,25,28)(H,26,29). The Morgan fingerprint density at radius 2 is 1.67 bits per heavy atom. The average molecular weight is 410 g/mol. The fraction of sp³-hybridized carbons (Fsp3) is 0.417. The average Bonchev–Trinajstić information content (AvgIpc) is 2.76. The summed E-state index contributed by atoms with van der Waals surface area (Å²) in [6.45, 7) is 3.57. The molecule has 0 aromatic heterocycles. The summed E-state index contributed by atoms with van der Waals surface area (Å²) in [5.74, 6) is 0.543. The minimum absolute atomic E-state index is 0.0206. The molecule has 3 rings (SSSR count).